The largest absolute Gasteiger partial charge is 0.336 e. The Labute approximate surface area is 166 Å². The number of hydrogen-bond acceptors (Lipinski definition) is 4. The molecule has 0 aromatic heterocycles. The number of nitrogens with zero attached hydrogens (tertiary/aromatic N) is 2. The quantitative estimate of drug-likeness (QED) is 0.835. The van der Waals surface area contributed by atoms with E-state index in [2.05, 4.69) is 34.5 Å². The highest BCUT2D eigenvalue weighted by molar-refractivity contribution is 5.83. The van der Waals surface area contributed by atoms with E-state index < -0.39 is 0 Å². The van der Waals surface area contributed by atoms with Crippen molar-refractivity contribution in [2.75, 3.05) is 19.6 Å². The second-order valence-corrected chi connectivity index (χ2v) is 9.14. The molecule has 0 spiro atoms. The minimum atomic E-state index is -0.197. The molecule has 2 N–H and O–H groups in total. The van der Waals surface area contributed by atoms with Crippen molar-refractivity contribution in [3.8, 4) is 0 Å². The molecule has 28 heavy (non-hydrogen) atoms. The summed E-state index contributed by atoms with van der Waals surface area (Å²) in [4.78, 5) is 18.4. The maximum atomic E-state index is 13.6. The third-order valence-electron chi connectivity index (χ3n) is 7.87. The summed E-state index contributed by atoms with van der Waals surface area (Å²) in [5.41, 5.74) is 7.76. The van der Waals surface area contributed by atoms with Crippen molar-refractivity contribution in [3.63, 3.8) is 0 Å². The Morgan fingerprint density at radius 3 is 2.50 bits per heavy atom. The molecule has 2 bridgehead atoms. The zero-order chi connectivity index (χ0) is 19.4. The molecule has 6 atom stereocenters. The normalized spacial score (nSPS) is 42.0. The number of carbonyl (C=O) groups is 1. The lowest BCUT2D eigenvalue weighted by Gasteiger charge is -2.51. The Balaban J connectivity index is 1.45. The van der Waals surface area contributed by atoms with Crippen LogP contribution in [0.4, 0.5) is 4.39 Å². The van der Waals surface area contributed by atoms with E-state index in [1.165, 1.54) is 12.8 Å². The van der Waals surface area contributed by atoms with Crippen LogP contribution in [-0.2, 0) is 4.79 Å². The van der Waals surface area contributed by atoms with E-state index >= 15 is 0 Å². The molecule has 5 nitrogen and oxygen atoms in total. The van der Waals surface area contributed by atoms with Gasteiger partial charge in [0, 0.05) is 24.5 Å². The molecular weight excluding hydrogens is 355 g/mol. The molecule has 5 heterocycles. The van der Waals surface area contributed by atoms with Gasteiger partial charge in [-0.1, -0.05) is 26.0 Å². The van der Waals surface area contributed by atoms with Gasteiger partial charge in [0.2, 0.25) is 5.91 Å². The lowest BCUT2D eigenvalue weighted by Crippen LogP contribution is -2.62. The van der Waals surface area contributed by atoms with Gasteiger partial charge in [-0.3, -0.25) is 15.1 Å². The zero-order valence-corrected chi connectivity index (χ0v) is 16.8. The van der Waals surface area contributed by atoms with E-state index in [-0.39, 0.29) is 29.6 Å². The highest BCUT2D eigenvalue weighted by Gasteiger charge is 2.56. The van der Waals surface area contributed by atoms with Crippen LogP contribution in [0.5, 0.6) is 0 Å². The molecular formula is C22H31FN4O. The molecule has 6 heteroatoms. The van der Waals surface area contributed by atoms with Gasteiger partial charge < -0.3 is 4.90 Å². The van der Waals surface area contributed by atoms with Crippen molar-refractivity contribution < 1.29 is 9.18 Å². The van der Waals surface area contributed by atoms with Crippen LogP contribution in [0.15, 0.2) is 24.3 Å². The molecule has 5 saturated heterocycles. The summed E-state index contributed by atoms with van der Waals surface area (Å²) >= 11 is 0. The van der Waals surface area contributed by atoms with Gasteiger partial charge in [-0.15, -0.1) is 0 Å². The smallest absolute Gasteiger partial charge is 0.241 e. The lowest BCUT2D eigenvalue weighted by molar-refractivity contribution is -0.138. The Morgan fingerprint density at radius 2 is 1.86 bits per heavy atom. The van der Waals surface area contributed by atoms with Crippen molar-refractivity contribution in [2.45, 2.75) is 63.2 Å². The van der Waals surface area contributed by atoms with Gasteiger partial charge in [-0.05, 0) is 61.9 Å². The van der Waals surface area contributed by atoms with Crippen molar-refractivity contribution >= 4 is 5.91 Å². The number of rotatable bonds is 3. The van der Waals surface area contributed by atoms with Crippen LogP contribution in [0.25, 0.3) is 0 Å². The molecule has 152 valence electrons. The number of carbonyl (C=O) groups excluding carboxylic acids is 1. The monoisotopic (exact) mass is 386 g/mol. The standard InChI is InChI=1S/C22H31FN4O/c1-3-18-13(2)19(25-24-18)22(28)27-12-17(14-4-6-16(23)7-5-14)21-20(27)15-8-10-26(21)11-9-15/h4-7,13,15,17-21,24-25H,3,8-12H2,1-2H3/t13?,17-,18?,19?,20+,21+/m1/s1. The minimum Gasteiger partial charge on any atom is -0.336 e. The molecule has 0 radical (unpaired) electrons. The third kappa shape index (κ3) is 2.80. The third-order valence-corrected chi connectivity index (χ3v) is 7.87. The van der Waals surface area contributed by atoms with Crippen LogP contribution in [-0.4, -0.2) is 59.5 Å². The number of amides is 1. The summed E-state index contributed by atoms with van der Waals surface area (Å²) in [6.07, 6.45) is 3.38. The predicted octanol–water partition coefficient (Wildman–Crippen LogP) is 2.11. The second kappa shape index (κ2) is 7.08. The van der Waals surface area contributed by atoms with E-state index in [1.54, 1.807) is 12.1 Å². The van der Waals surface area contributed by atoms with Gasteiger partial charge in [-0.2, -0.15) is 0 Å². The molecule has 5 aliphatic rings. The predicted molar refractivity (Wildman–Crippen MR) is 106 cm³/mol. The summed E-state index contributed by atoms with van der Waals surface area (Å²) in [6.45, 7) is 7.33. The first-order chi connectivity index (χ1) is 13.6. The maximum Gasteiger partial charge on any atom is 0.241 e. The molecule has 6 rings (SSSR count). The zero-order valence-electron chi connectivity index (χ0n) is 16.8. The summed E-state index contributed by atoms with van der Waals surface area (Å²) in [7, 11) is 0. The molecule has 1 amide bonds. The van der Waals surface area contributed by atoms with Crippen LogP contribution >= 0.6 is 0 Å². The first-order valence-electron chi connectivity index (χ1n) is 10.9. The van der Waals surface area contributed by atoms with E-state index in [1.807, 2.05) is 12.1 Å². The number of nitrogens with one attached hydrogen (secondary N) is 2. The SMILES string of the molecule is CCC1NNC(C(=O)N2C[C@H](c3ccc(F)cc3)[C@H]3[C@@H]2C2CCN3CC2)C1C. The number of piperidine rings is 3. The topological polar surface area (TPSA) is 47.6 Å². The molecule has 1 aromatic carbocycles. The van der Waals surface area contributed by atoms with Crippen molar-refractivity contribution in [1.82, 2.24) is 20.7 Å². The van der Waals surface area contributed by atoms with Crippen LogP contribution in [0.2, 0.25) is 0 Å². The van der Waals surface area contributed by atoms with Gasteiger partial charge in [0.05, 0.1) is 6.04 Å². The fourth-order valence-electron chi connectivity index (χ4n) is 6.31. The number of halogens is 1. The van der Waals surface area contributed by atoms with Gasteiger partial charge in [0.15, 0.2) is 0 Å². The van der Waals surface area contributed by atoms with Crippen molar-refractivity contribution in [3.05, 3.63) is 35.6 Å². The number of likely N-dealkylation sites (tertiary alicyclic amines) is 1. The number of hydrogen-bond donors (Lipinski definition) is 2. The van der Waals surface area contributed by atoms with E-state index in [0.29, 0.717) is 24.0 Å². The Hall–Kier alpha value is -1.50. The lowest BCUT2D eigenvalue weighted by atomic mass is 9.75. The van der Waals surface area contributed by atoms with E-state index in [9.17, 15) is 9.18 Å². The van der Waals surface area contributed by atoms with Gasteiger partial charge in [-0.25, -0.2) is 9.82 Å². The summed E-state index contributed by atoms with van der Waals surface area (Å²) < 4.78 is 13.5. The summed E-state index contributed by atoms with van der Waals surface area (Å²) in [6, 6.07) is 7.79. The Kier molecular flexibility index (Phi) is 4.68. The molecule has 3 unspecified atom stereocenters. The number of benzene rings is 1. The van der Waals surface area contributed by atoms with Gasteiger partial charge >= 0.3 is 0 Å². The number of fused-ring (bicyclic) bond motifs is 2. The highest BCUT2D eigenvalue weighted by Crippen LogP contribution is 2.47. The summed E-state index contributed by atoms with van der Waals surface area (Å²) in [5, 5.41) is 0. The summed E-state index contributed by atoms with van der Waals surface area (Å²) in [5.74, 6) is 1.18. The van der Waals surface area contributed by atoms with E-state index in [0.717, 1.165) is 31.6 Å². The number of hydrazine groups is 1. The Bertz CT molecular complexity index is 733. The van der Waals surface area contributed by atoms with Crippen molar-refractivity contribution in [1.29, 1.82) is 0 Å². The average molecular weight is 387 g/mol. The molecule has 0 aliphatic carbocycles. The minimum absolute atomic E-state index is 0.159. The van der Waals surface area contributed by atoms with Crippen LogP contribution < -0.4 is 10.9 Å². The maximum absolute atomic E-state index is 13.6. The fourth-order valence-corrected chi connectivity index (χ4v) is 6.31. The molecule has 0 saturated carbocycles. The first-order valence-corrected chi connectivity index (χ1v) is 10.9. The van der Waals surface area contributed by atoms with Crippen LogP contribution in [0, 0.1) is 17.7 Å². The second-order valence-electron chi connectivity index (χ2n) is 9.14. The van der Waals surface area contributed by atoms with Gasteiger partial charge in [0.25, 0.3) is 0 Å². The first kappa shape index (κ1) is 18.5. The van der Waals surface area contributed by atoms with Crippen LogP contribution in [0.1, 0.15) is 44.6 Å². The average Bonchev–Trinajstić information content (AvgIpc) is 3.31. The molecule has 5 aliphatic heterocycles. The Morgan fingerprint density at radius 1 is 1.14 bits per heavy atom. The molecule has 1 aromatic rings. The fraction of sp³-hybridized carbons (Fsp3) is 0.682. The highest BCUT2D eigenvalue weighted by atomic mass is 19.1. The van der Waals surface area contributed by atoms with E-state index in [4.69, 9.17) is 0 Å². The van der Waals surface area contributed by atoms with Crippen molar-refractivity contribution in [2.24, 2.45) is 11.8 Å². The molecule has 5 fully saturated rings. The van der Waals surface area contributed by atoms with Crippen LogP contribution in [0.3, 0.4) is 0 Å². The van der Waals surface area contributed by atoms with Gasteiger partial charge in [0.1, 0.15) is 11.9 Å².